The lowest BCUT2D eigenvalue weighted by molar-refractivity contribution is -0.113. The number of thioether (sulfide) groups is 1. The molecular formula is C16H22N4O2S. The van der Waals surface area contributed by atoms with Crippen molar-refractivity contribution in [1.82, 2.24) is 14.7 Å². The van der Waals surface area contributed by atoms with Crippen LogP contribution in [0.15, 0.2) is 15.7 Å². The monoisotopic (exact) mass is 334 g/mol. The van der Waals surface area contributed by atoms with E-state index in [-0.39, 0.29) is 5.91 Å². The second-order valence-electron chi connectivity index (χ2n) is 6.04. The van der Waals surface area contributed by atoms with Gasteiger partial charge in [-0.2, -0.15) is 0 Å². The van der Waals surface area contributed by atoms with Crippen molar-refractivity contribution in [2.75, 3.05) is 11.1 Å². The lowest BCUT2D eigenvalue weighted by Crippen LogP contribution is -2.15. The number of rotatable bonds is 5. The van der Waals surface area contributed by atoms with Crippen LogP contribution in [0.1, 0.15) is 48.8 Å². The van der Waals surface area contributed by atoms with Gasteiger partial charge in [-0.15, -0.1) is 0 Å². The van der Waals surface area contributed by atoms with Gasteiger partial charge in [0.1, 0.15) is 0 Å². The molecule has 1 N–H and O–H groups in total. The summed E-state index contributed by atoms with van der Waals surface area (Å²) in [5.41, 5.74) is 3.01. The highest BCUT2D eigenvalue weighted by Gasteiger charge is 2.23. The molecule has 1 aliphatic carbocycles. The molecule has 0 bridgehead atoms. The van der Waals surface area contributed by atoms with E-state index in [0.717, 1.165) is 16.5 Å². The largest absolute Gasteiger partial charge is 0.338 e. The zero-order valence-electron chi connectivity index (χ0n) is 13.8. The van der Waals surface area contributed by atoms with Gasteiger partial charge >= 0.3 is 0 Å². The Balaban J connectivity index is 1.65. The average molecular weight is 334 g/mol. The molecule has 124 valence electrons. The van der Waals surface area contributed by atoms with Crippen molar-refractivity contribution in [3.8, 4) is 0 Å². The van der Waals surface area contributed by atoms with Crippen molar-refractivity contribution in [2.24, 2.45) is 0 Å². The highest BCUT2D eigenvalue weighted by Crippen LogP contribution is 2.35. The van der Waals surface area contributed by atoms with Crippen molar-refractivity contribution in [1.29, 1.82) is 0 Å². The maximum atomic E-state index is 12.1. The first-order chi connectivity index (χ1) is 11.0. The summed E-state index contributed by atoms with van der Waals surface area (Å²) < 4.78 is 7.32. The van der Waals surface area contributed by atoms with Crippen LogP contribution in [0, 0.1) is 20.8 Å². The van der Waals surface area contributed by atoms with E-state index in [1.54, 1.807) is 6.07 Å². The lowest BCUT2D eigenvalue weighted by Gasteiger charge is -2.16. The third-order valence-electron chi connectivity index (χ3n) is 4.27. The van der Waals surface area contributed by atoms with E-state index >= 15 is 0 Å². The summed E-state index contributed by atoms with van der Waals surface area (Å²) in [7, 11) is 0. The van der Waals surface area contributed by atoms with E-state index in [4.69, 9.17) is 4.52 Å². The molecule has 0 atom stereocenters. The smallest absolute Gasteiger partial charge is 0.237 e. The molecule has 1 fully saturated rings. The fourth-order valence-electron chi connectivity index (χ4n) is 3.02. The van der Waals surface area contributed by atoms with E-state index in [0.29, 0.717) is 17.7 Å². The molecule has 0 saturated heterocycles. The number of nitrogens with one attached hydrogen (secondary N) is 1. The number of hydrogen-bond donors (Lipinski definition) is 1. The van der Waals surface area contributed by atoms with Gasteiger partial charge in [-0.05, 0) is 33.6 Å². The van der Waals surface area contributed by atoms with Crippen LogP contribution >= 0.6 is 11.8 Å². The van der Waals surface area contributed by atoms with Crippen molar-refractivity contribution in [3.63, 3.8) is 0 Å². The molecular weight excluding hydrogens is 312 g/mol. The summed E-state index contributed by atoms with van der Waals surface area (Å²) in [6.45, 7) is 5.96. The lowest BCUT2D eigenvalue weighted by atomic mass is 10.2. The highest BCUT2D eigenvalue weighted by molar-refractivity contribution is 7.99. The van der Waals surface area contributed by atoms with Crippen LogP contribution in [-0.2, 0) is 4.79 Å². The molecule has 1 amide bonds. The molecule has 3 rings (SSSR count). The summed E-state index contributed by atoms with van der Waals surface area (Å²) in [5, 5.41) is 7.41. The fraction of sp³-hybridized carbons (Fsp3) is 0.562. The first-order valence-corrected chi connectivity index (χ1v) is 8.94. The molecule has 2 heterocycles. The van der Waals surface area contributed by atoms with E-state index < -0.39 is 0 Å². The number of amides is 1. The Morgan fingerprint density at radius 2 is 2.13 bits per heavy atom. The van der Waals surface area contributed by atoms with Gasteiger partial charge in [0.2, 0.25) is 11.8 Å². The minimum atomic E-state index is -0.109. The minimum Gasteiger partial charge on any atom is -0.338 e. The summed E-state index contributed by atoms with van der Waals surface area (Å²) in [5.74, 6) is 0.588. The maximum absolute atomic E-state index is 12.1. The number of imidazole rings is 1. The van der Waals surface area contributed by atoms with Gasteiger partial charge in [0.15, 0.2) is 5.16 Å². The van der Waals surface area contributed by atoms with Gasteiger partial charge in [0, 0.05) is 17.8 Å². The second-order valence-corrected chi connectivity index (χ2v) is 6.99. The topological polar surface area (TPSA) is 73.0 Å². The molecule has 0 unspecified atom stereocenters. The summed E-state index contributed by atoms with van der Waals surface area (Å²) in [6.07, 6.45) is 4.95. The molecule has 2 aromatic rings. The zero-order valence-corrected chi connectivity index (χ0v) is 14.6. The third-order valence-corrected chi connectivity index (χ3v) is 5.22. The zero-order chi connectivity index (χ0) is 16.4. The van der Waals surface area contributed by atoms with Crippen LogP contribution in [0.25, 0.3) is 0 Å². The average Bonchev–Trinajstić information content (AvgIpc) is 3.21. The molecule has 7 heteroatoms. The van der Waals surface area contributed by atoms with E-state index in [9.17, 15) is 4.79 Å². The van der Waals surface area contributed by atoms with Gasteiger partial charge in [0.05, 0.1) is 17.1 Å². The first-order valence-electron chi connectivity index (χ1n) is 7.96. The van der Waals surface area contributed by atoms with Crippen molar-refractivity contribution in [2.45, 2.75) is 57.7 Å². The molecule has 1 aliphatic rings. The molecule has 0 aromatic carbocycles. The number of anilines is 1. The minimum absolute atomic E-state index is 0.109. The van der Waals surface area contributed by atoms with Gasteiger partial charge in [0.25, 0.3) is 0 Å². The van der Waals surface area contributed by atoms with Crippen molar-refractivity contribution < 1.29 is 9.32 Å². The number of hydrogen-bond acceptors (Lipinski definition) is 5. The standard InChI is InChI=1S/C16H22N4O2S/c1-10-8-15(22-19-10)18-14(21)9-23-16-17-11(2)12(3)20(16)13-6-4-5-7-13/h8,13H,4-7,9H2,1-3H3,(H,18,21). The molecule has 0 radical (unpaired) electrons. The molecule has 23 heavy (non-hydrogen) atoms. The summed E-state index contributed by atoms with van der Waals surface area (Å²) in [4.78, 5) is 16.7. The van der Waals surface area contributed by atoms with Crippen LogP contribution in [0.5, 0.6) is 0 Å². The molecule has 6 nitrogen and oxygen atoms in total. The quantitative estimate of drug-likeness (QED) is 0.845. The number of aryl methyl sites for hydroxylation is 2. The number of aromatic nitrogens is 3. The van der Waals surface area contributed by atoms with Gasteiger partial charge in [-0.3, -0.25) is 10.1 Å². The van der Waals surface area contributed by atoms with E-state index in [2.05, 4.69) is 26.9 Å². The van der Waals surface area contributed by atoms with Crippen LogP contribution in [0.3, 0.4) is 0 Å². The first kappa shape index (κ1) is 16.1. The van der Waals surface area contributed by atoms with Crippen LogP contribution in [0.2, 0.25) is 0 Å². The molecule has 0 aliphatic heterocycles. The number of carbonyl (C=O) groups is 1. The SMILES string of the molecule is Cc1cc(NC(=O)CSc2nc(C)c(C)n2C2CCCC2)on1. The fourth-order valence-corrected chi connectivity index (χ4v) is 3.98. The highest BCUT2D eigenvalue weighted by atomic mass is 32.2. The predicted octanol–water partition coefficient (Wildman–Crippen LogP) is 3.64. The number of carbonyl (C=O) groups excluding carboxylic acids is 1. The third kappa shape index (κ3) is 3.60. The van der Waals surface area contributed by atoms with E-state index in [1.165, 1.54) is 43.1 Å². The Kier molecular flexibility index (Phi) is 4.75. The maximum Gasteiger partial charge on any atom is 0.237 e. The van der Waals surface area contributed by atoms with Gasteiger partial charge in [-0.25, -0.2) is 4.98 Å². The second kappa shape index (κ2) is 6.78. The van der Waals surface area contributed by atoms with Crippen molar-refractivity contribution in [3.05, 3.63) is 23.1 Å². The predicted molar refractivity (Wildman–Crippen MR) is 89.8 cm³/mol. The molecule has 2 aromatic heterocycles. The Morgan fingerprint density at radius 3 is 2.78 bits per heavy atom. The van der Waals surface area contributed by atoms with Gasteiger partial charge < -0.3 is 9.09 Å². The van der Waals surface area contributed by atoms with Crippen molar-refractivity contribution >= 4 is 23.6 Å². The van der Waals surface area contributed by atoms with Gasteiger partial charge in [-0.1, -0.05) is 29.8 Å². The Bertz CT molecular complexity index is 701. The Labute approximate surface area is 140 Å². The molecule has 1 saturated carbocycles. The van der Waals surface area contributed by atoms with Crippen LogP contribution in [-0.4, -0.2) is 26.4 Å². The Hall–Kier alpha value is -1.76. The van der Waals surface area contributed by atoms with Crippen LogP contribution in [0.4, 0.5) is 5.88 Å². The summed E-state index contributed by atoms with van der Waals surface area (Å²) in [6, 6.07) is 2.23. The molecule has 0 spiro atoms. The number of nitrogens with zero attached hydrogens (tertiary/aromatic N) is 3. The normalized spacial score (nSPS) is 15.3. The van der Waals surface area contributed by atoms with E-state index in [1.807, 2.05) is 13.8 Å². The summed E-state index contributed by atoms with van der Waals surface area (Å²) >= 11 is 1.48. The Morgan fingerprint density at radius 1 is 1.39 bits per heavy atom. The van der Waals surface area contributed by atoms with Crippen LogP contribution < -0.4 is 5.32 Å².